The number of carbonyl (C=O) groups excluding carboxylic acids is 1. The molecule has 0 aliphatic heterocycles. The number of nitrogens with one attached hydrogen (secondary N) is 1. The van der Waals surface area contributed by atoms with Crippen molar-refractivity contribution in [2.75, 3.05) is 5.32 Å². The molecule has 29 heavy (non-hydrogen) atoms. The molecule has 1 aliphatic carbocycles. The van der Waals surface area contributed by atoms with E-state index in [0.717, 1.165) is 17.7 Å². The van der Waals surface area contributed by atoms with Crippen LogP contribution in [0.25, 0.3) is 11.3 Å². The molecule has 1 aliphatic rings. The smallest absolute Gasteiger partial charge is 0.308 e. The molecule has 1 amide bonds. The SMILES string of the molecule is O=C(Nc1ccc(-c2ccccc2)nn1)C1(c2cc(F)cc(C(F)(F)F)c2)CC1. The summed E-state index contributed by atoms with van der Waals surface area (Å²) in [7, 11) is 0. The van der Waals surface area contributed by atoms with Crippen molar-refractivity contribution < 1.29 is 22.4 Å². The Balaban J connectivity index is 1.55. The Hall–Kier alpha value is -3.29. The van der Waals surface area contributed by atoms with E-state index in [9.17, 15) is 22.4 Å². The van der Waals surface area contributed by atoms with E-state index in [4.69, 9.17) is 0 Å². The number of carbonyl (C=O) groups is 1. The lowest BCUT2D eigenvalue weighted by Crippen LogP contribution is -2.29. The summed E-state index contributed by atoms with van der Waals surface area (Å²) < 4.78 is 52.7. The second kappa shape index (κ2) is 6.95. The van der Waals surface area contributed by atoms with E-state index in [1.165, 1.54) is 0 Å². The molecule has 1 heterocycles. The summed E-state index contributed by atoms with van der Waals surface area (Å²) in [6, 6.07) is 14.8. The Kier molecular flexibility index (Phi) is 4.56. The van der Waals surface area contributed by atoms with E-state index in [-0.39, 0.29) is 11.4 Å². The zero-order valence-corrected chi connectivity index (χ0v) is 15.0. The molecule has 4 nitrogen and oxygen atoms in total. The van der Waals surface area contributed by atoms with Crippen molar-refractivity contribution >= 4 is 11.7 Å². The molecule has 0 unspecified atom stereocenters. The average Bonchev–Trinajstić information content (AvgIpc) is 3.50. The van der Waals surface area contributed by atoms with Crippen molar-refractivity contribution in [2.45, 2.75) is 24.4 Å². The summed E-state index contributed by atoms with van der Waals surface area (Å²) in [6.07, 6.45) is -4.04. The second-order valence-electron chi connectivity index (χ2n) is 6.93. The number of amides is 1. The van der Waals surface area contributed by atoms with Crippen LogP contribution in [0.3, 0.4) is 0 Å². The van der Waals surface area contributed by atoms with E-state index in [0.29, 0.717) is 24.6 Å². The summed E-state index contributed by atoms with van der Waals surface area (Å²) in [5.41, 5.74) is -0.822. The molecule has 1 saturated carbocycles. The normalized spacial score (nSPS) is 15.0. The van der Waals surface area contributed by atoms with E-state index in [1.807, 2.05) is 30.3 Å². The molecule has 8 heteroatoms. The molecule has 1 fully saturated rings. The molecule has 2 aromatic carbocycles. The van der Waals surface area contributed by atoms with Crippen molar-refractivity contribution in [3.8, 4) is 11.3 Å². The van der Waals surface area contributed by atoms with Gasteiger partial charge in [-0.3, -0.25) is 4.79 Å². The molecule has 148 valence electrons. The maximum Gasteiger partial charge on any atom is 0.416 e. The van der Waals surface area contributed by atoms with Gasteiger partial charge < -0.3 is 5.32 Å². The molecule has 4 rings (SSSR count). The third kappa shape index (κ3) is 3.83. The molecule has 0 spiro atoms. The fourth-order valence-electron chi connectivity index (χ4n) is 3.20. The van der Waals surface area contributed by atoms with Crippen LogP contribution in [0.15, 0.2) is 60.7 Å². The molecule has 1 aromatic heterocycles. The number of halogens is 4. The standard InChI is InChI=1S/C21H15F4N3O/c22-16-11-14(10-15(12-16)21(23,24)25)20(8-9-20)19(29)26-18-7-6-17(27-28-18)13-4-2-1-3-5-13/h1-7,10-12H,8-9H2,(H,26,28,29). The highest BCUT2D eigenvalue weighted by molar-refractivity contribution is 6.00. The van der Waals surface area contributed by atoms with Gasteiger partial charge in [0.1, 0.15) is 5.82 Å². The van der Waals surface area contributed by atoms with Gasteiger partial charge >= 0.3 is 6.18 Å². The number of benzene rings is 2. The van der Waals surface area contributed by atoms with Crippen molar-refractivity contribution in [3.05, 3.63) is 77.6 Å². The highest BCUT2D eigenvalue weighted by Crippen LogP contribution is 2.50. The van der Waals surface area contributed by atoms with E-state index >= 15 is 0 Å². The Morgan fingerprint density at radius 2 is 1.69 bits per heavy atom. The van der Waals surface area contributed by atoms with Crippen LogP contribution in [0, 0.1) is 5.82 Å². The molecular formula is C21H15F4N3O. The van der Waals surface area contributed by atoms with Gasteiger partial charge in [-0.2, -0.15) is 13.2 Å². The Morgan fingerprint density at radius 3 is 2.28 bits per heavy atom. The van der Waals surface area contributed by atoms with Gasteiger partial charge in [0.05, 0.1) is 16.7 Å². The Morgan fingerprint density at radius 1 is 0.966 bits per heavy atom. The van der Waals surface area contributed by atoms with Gasteiger partial charge in [0, 0.05) is 5.56 Å². The number of rotatable bonds is 4. The topological polar surface area (TPSA) is 54.9 Å². The predicted octanol–water partition coefficient (Wildman–Crippen LogP) is 4.97. The van der Waals surface area contributed by atoms with Crippen LogP contribution in [0.4, 0.5) is 23.4 Å². The van der Waals surface area contributed by atoms with Gasteiger partial charge in [-0.1, -0.05) is 30.3 Å². The number of hydrogen-bond acceptors (Lipinski definition) is 3. The molecule has 3 aromatic rings. The highest BCUT2D eigenvalue weighted by Gasteiger charge is 2.52. The van der Waals surface area contributed by atoms with Crippen molar-refractivity contribution in [1.29, 1.82) is 0 Å². The summed E-state index contributed by atoms with van der Waals surface area (Å²) in [5.74, 6) is -1.38. The number of hydrogen-bond donors (Lipinski definition) is 1. The third-order valence-corrected chi connectivity index (χ3v) is 4.94. The van der Waals surface area contributed by atoms with Crippen LogP contribution in [0.1, 0.15) is 24.0 Å². The van der Waals surface area contributed by atoms with Crippen LogP contribution >= 0.6 is 0 Å². The van der Waals surface area contributed by atoms with Gasteiger partial charge in [0.15, 0.2) is 5.82 Å². The van der Waals surface area contributed by atoms with Crippen LogP contribution in [0.5, 0.6) is 0 Å². The van der Waals surface area contributed by atoms with E-state index in [2.05, 4.69) is 15.5 Å². The predicted molar refractivity (Wildman–Crippen MR) is 98.4 cm³/mol. The first-order valence-electron chi connectivity index (χ1n) is 8.87. The maximum absolute atomic E-state index is 13.8. The monoisotopic (exact) mass is 401 g/mol. The van der Waals surface area contributed by atoms with Gasteiger partial charge in [-0.15, -0.1) is 10.2 Å². The third-order valence-electron chi connectivity index (χ3n) is 4.94. The fourth-order valence-corrected chi connectivity index (χ4v) is 3.20. The Labute approximate surface area is 163 Å². The van der Waals surface area contributed by atoms with Gasteiger partial charge in [-0.25, -0.2) is 4.39 Å². The minimum Gasteiger partial charge on any atom is -0.308 e. The van der Waals surface area contributed by atoms with Crippen LogP contribution in [0.2, 0.25) is 0 Å². The quantitative estimate of drug-likeness (QED) is 0.628. The largest absolute Gasteiger partial charge is 0.416 e. The molecule has 0 atom stereocenters. The zero-order valence-electron chi connectivity index (χ0n) is 15.0. The lowest BCUT2D eigenvalue weighted by atomic mass is 9.93. The highest BCUT2D eigenvalue weighted by atomic mass is 19.4. The van der Waals surface area contributed by atoms with Gasteiger partial charge in [0.2, 0.25) is 5.91 Å². The first-order valence-corrected chi connectivity index (χ1v) is 8.87. The number of alkyl halides is 3. The maximum atomic E-state index is 13.8. The first-order chi connectivity index (χ1) is 13.8. The second-order valence-corrected chi connectivity index (χ2v) is 6.93. The molecule has 1 N–H and O–H groups in total. The molecule has 0 radical (unpaired) electrons. The van der Waals surface area contributed by atoms with Gasteiger partial charge in [-0.05, 0) is 48.7 Å². The fraction of sp³-hybridized carbons (Fsp3) is 0.190. The average molecular weight is 401 g/mol. The number of nitrogens with zero attached hydrogens (tertiary/aromatic N) is 2. The number of anilines is 1. The molecular weight excluding hydrogens is 386 g/mol. The summed E-state index contributed by atoms with van der Waals surface area (Å²) in [4.78, 5) is 12.7. The molecule has 0 bridgehead atoms. The van der Waals surface area contributed by atoms with Crippen molar-refractivity contribution in [3.63, 3.8) is 0 Å². The Bertz CT molecular complexity index is 1050. The van der Waals surface area contributed by atoms with Gasteiger partial charge in [0.25, 0.3) is 0 Å². The molecule has 0 saturated heterocycles. The van der Waals surface area contributed by atoms with Crippen LogP contribution in [-0.4, -0.2) is 16.1 Å². The van der Waals surface area contributed by atoms with E-state index in [1.54, 1.807) is 12.1 Å². The lowest BCUT2D eigenvalue weighted by Gasteiger charge is -2.17. The summed E-state index contributed by atoms with van der Waals surface area (Å²) in [5, 5.41) is 10.6. The first kappa shape index (κ1) is 19.0. The van der Waals surface area contributed by atoms with E-state index < -0.39 is 28.9 Å². The van der Waals surface area contributed by atoms with Crippen molar-refractivity contribution in [1.82, 2.24) is 10.2 Å². The summed E-state index contributed by atoms with van der Waals surface area (Å²) in [6.45, 7) is 0. The lowest BCUT2D eigenvalue weighted by molar-refractivity contribution is -0.138. The minimum atomic E-state index is -4.69. The van der Waals surface area contributed by atoms with Crippen LogP contribution < -0.4 is 5.32 Å². The summed E-state index contributed by atoms with van der Waals surface area (Å²) >= 11 is 0. The van der Waals surface area contributed by atoms with Crippen molar-refractivity contribution in [2.24, 2.45) is 0 Å². The minimum absolute atomic E-state index is 0.0104. The zero-order chi connectivity index (χ0) is 20.6. The van der Waals surface area contributed by atoms with Crippen LogP contribution in [-0.2, 0) is 16.4 Å². The number of aromatic nitrogens is 2.